The van der Waals surface area contributed by atoms with Crippen LogP contribution in [-0.2, 0) is 0 Å². The Labute approximate surface area is 108 Å². The van der Waals surface area contributed by atoms with Crippen molar-refractivity contribution in [3.63, 3.8) is 0 Å². The lowest BCUT2D eigenvalue weighted by Gasteiger charge is -2.31. The first-order valence-electron chi connectivity index (χ1n) is 6.37. The van der Waals surface area contributed by atoms with Gasteiger partial charge in [0.15, 0.2) is 0 Å². The van der Waals surface area contributed by atoms with E-state index >= 15 is 0 Å². The van der Waals surface area contributed by atoms with Gasteiger partial charge in [0.25, 0.3) is 0 Å². The predicted octanol–water partition coefficient (Wildman–Crippen LogP) is 3.74. The van der Waals surface area contributed by atoms with Crippen LogP contribution in [0.15, 0.2) is 36.4 Å². The van der Waals surface area contributed by atoms with Crippen molar-refractivity contribution in [1.29, 1.82) is 0 Å². The lowest BCUT2D eigenvalue weighted by molar-refractivity contribution is 0.617. The molecule has 3 rings (SSSR count). The summed E-state index contributed by atoms with van der Waals surface area (Å²) in [6.45, 7) is 4.52. The zero-order valence-corrected chi connectivity index (χ0v) is 10.8. The Morgan fingerprint density at radius 3 is 1.50 bits per heavy atom. The molecule has 1 aliphatic carbocycles. The van der Waals surface area contributed by atoms with Gasteiger partial charge in [-0.2, -0.15) is 0 Å². The first kappa shape index (κ1) is 11.1. The molecule has 0 radical (unpaired) electrons. The molecule has 1 aliphatic rings. The molecule has 2 aromatic carbocycles. The topological polar surface area (TPSA) is 52.0 Å². The van der Waals surface area contributed by atoms with E-state index in [1.165, 1.54) is 22.3 Å². The van der Waals surface area contributed by atoms with E-state index in [0.717, 1.165) is 11.4 Å². The normalized spacial score (nSPS) is 21.2. The standard InChI is InChI=1S/C16H18N2/c1-9-10(2)16-8-12(18)4-6-14(16)13-5-3-11(17)7-15(9)13/h3-10H,17-18H2,1-2H3. The van der Waals surface area contributed by atoms with Crippen LogP contribution in [0.3, 0.4) is 0 Å². The second-order valence-corrected chi connectivity index (χ2v) is 5.27. The van der Waals surface area contributed by atoms with Crippen LogP contribution in [0.1, 0.15) is 36.8 Å². The summed E-state index contributed by atoms with van der Waals surface area (Å²) < 4.78 is 0. The number of benzene rings is 2. The fraction of sp³-hybridized carbons (Fsp3) is 0.250. The van der Waals surface area contributed by atoms with Gasteiger partial charge in [0.05, 0.1) is 0 Å². The maximum absolute atomic E-state index is 5.91. The summed E-state index contributed by atoms with van der Waals surface area (Å²) in [5.41, 5.74) is 18.8. The Balaban J connectivity index is 2.31. The molecule has 18 heavy (non-hydrogen) atoms. The first-order valence-corrected chi connectivity index (χ1v) is 6.37. The highest BCUT2D eigenvalue weighted by Crippen LogP contribution is 2.47. The van der Waals surface area contributed by atoms with Gasteiger partial charge in [-0.1, -0.05) is 26.0 Å². The SMILES string of the molecule is CC1c2cc(N)ccc2-c2ccc(N)cc2C1C. The number of fused-ring (bicyclic) bond motifs is 3. The number of nitrogens with two attached hydrogens (primary N) is 2. The van der Waals surface area contributed by atoms with Gasteiger partial charge >= 0.3 is 0 Å². The van der Waals surface area contributed by atoms with E-state index in [1.54, 1.807) is 0 Å². The molecular formula is C16H18N2. The minimum atomic E-state index is 0.470. The first-order chi connectivity index (χ1) is 8.58. The molecule has 0 aromatic heterocycles. The maximum atomic E-state index is 5.91. The molecule has 2 atom stereocenters. The van der Waals surface area contributed by atoms with Crippen molar-refractivity contribution in [3.05, 3.63) is 47.5 Å². The summed E-state index contributed by atoms with van der Waals surface area (Å²) in [5.74, 6) is 0.940. The number of rotatable bonds is 0. The maximum Gasteiger partial charge on any atom is 0.0317 e. The molecule has 2 nitrogen and oxygen atoms in total. The molecule has 0 amide bonds. The van der Waals surface area contributed by atoms with E-state index in [-0.39, 0.29) is 0 Å². The molecule has 0 saturated heterocycles. The van der Waals surface area contributed by atoms with E-state index in [2.05, 4.69) is 38.1 Å². The quantitative estimate of drug-likeness (QED) is 0.687. The summed E-state index contributed by atoms with van der Waals surface area (Å²) >= 11 is 0. The number of hydrogen-bond acceptors (Lipinski definition) is 2. The Hall–Kier alpha value is -1.96. The Kier molecular flexibility index (Phi) is 2.34. The largest absolute Gasteiger partial charge is 0.399 e. The van der Waals surface area contributed by atoms with E-state index in [9.17, 15) is 0 Å². The van der Waals surface area contributed by atoms with Crippen LogP contribution in [0.4, 0.5) is 11.4 Å². The Morgan fingerprint density at radius 1 is 0.722 bits per heavy atom. The summed E-state index contributed by atoms with van der Waals surface area (Å²) in [5, 5.41) is 0. The molecule has 2 unspecified atom stereocenters. The number of nitrogen functional groups attached to an aromatic ring is 2. The lowest BCUT2D eigenvalue weighted by Crippen LogP contribution is -2.13. The van der Waals surface area contributed by atoms with Crippen LogP contribution in [0.5, 0.6) is 0 Å². The monoisotopic (exact) mass is 238 g/mol. The third-order valence-electron chi connectivity index (χ3n) is 4.17. The molecule has 0 heterocycles. The van der Waals surface area contributed by atoms with Gasteiger partial charge in [0.2, 0.25) is 0 Å². The molecule has 0 aliphatic heterocycles. The van der Waals surface area contributed by atoms with Crippen molar-refractivity contribution in [3.8, 4) is 11.1 Å². The minimum Gasteiger partial charge on any atom is -0.399 e. The zero-order chi connectivity index (χ0) is 12.9. The third-order valence-corrected chi connectivity index (χ3v) is 4.17. The van der Waals surface area contributed by atoms with Crippen LogP contribution in [0, 0.1) is 0 Å². The molecule has 0 saturated carbocycles. The summed E-state index contributed by atoms with van der Waals surface area (Å²) in [6, 6.07) is 12.4. The molecule has 2 heteroatoms. The fourth-order valence-electron chi connectivity index (χ4n) is 2.95. The molecule has 92 valence electrons. The molecule has 4 N–H and O–H groups in total. The summed E-state index contributed by atoms with van der Waals surface area (Å²) in [4.78, 5) is 0. The zero-order valence-electron chi connectivity index (χ0n) is 10.8. The smallest absolute Gasteiger partial charge is 0.0317 e. The fourth-order valence-corrected chi connectivity index (χ4v) is 2.95. The van der Waals surface area contributed by atoms with Gasteiger partial charge in [-0.3, -0.25) is 0 Å². The summed E-state index contributed by atoms with van der Waals surface area (Å²) in [6.07, 6.45) is 0. The van der Waals surface area contributed by atoms with Crippen LogP contribution < -0.4 is 11.5 Å². The highest BCUT2D eigenvalue weighted by Gasteiger charge is 2.27. The third kappa shape index (κ3) is 1.49. The van der Waals surface area contributed by atoms with E-state index in [0.29, 0.717) is 11.8 Å². The van der Waals surface area contributed by atoms with Crippen LogP contribution in [-0.4, -0.2) is 0 Å². The van der Waals surface area contributed by atoms with Crippen molar-refractivity contribution in [1.82, 2.24) is 0 Å². The second-order valence-electron chi connectivity index (χ2n) is 5.27. The Bertz CT molecular complexity index is 561. The minimum absolute atomic E-state index is 0.470. The van der Waals surface area contributed by atoms with Gasteiger partial charge < -0.3 is 11.5 Å². The average Bonchev–Trinajstić information content (AvgIpc) is 2.36. The molecular weight excluding hydrogens is 220 g/mol. The molecule has 0 fully saturated rings. The highest BCUT2D eigenvalue weighted by molar-refractivity contribution is 5.78. The predicted molar refractivity (Wildman–Crippen MR) is 77.5 cm³/mol. The van der Waals surface area contributed by atoms with E-state index in [4.69, 9.17) is 11.5 Å². The summed E-state index contributed by atoms with van der Waals surface area (Å²) in [7, 11) is 0. The van der Waals surface area contributed by atoms with Gasteiger partial charge in [-0.05, 0) is 58.4 Å². The van der Waals surface area contributed by atoms with E-state index in [1.807, 2.05) is 12.1 Å². The van der Waals surface area contributed by atoms with Gasteiger partial charge in [-0.25, -0.2) is 0 Å². The van der Waals surface area contributed by atoms with Gasteiger partial charge in [0.1, 0.15) is 0 Å². The average molecular weight is 238 g/mol. The van der Waals surface area contributed by atoms with Crippen LogP contribution in [0.2, 0.25) is 0 Å². The number of anilines is 2. The highest BCUT2D eigenvalue weighted by atomic mass is 14.6. The van der Waals surface area contributed by atoms with Crippen molar-refractivity contribution in [2.75, 3.05) is 11.5 Å². The van der Waals surface area contributed by atoms with Crippen LogP contribution >= 0.6 is 0 Å². The van der Waals surface area contributed by atoms with Crippen molar-refractivity contribution in [2.45, 2.75) is 25.7 Å². The second kappa shape index (κ2) is 3.77. The van der Waals surface area contributed by atoms with Gasteiger partial charge in [-0.15, -0.1) is 0 Å². The van der Waals surface area contributed by atoms with Crippen molar-refractivity contribution in [2.24, 2.45) is 0 Å². The van der Waals surface area contributed by atoms with Gasteiger partial charge in [0, 0.05) is 11.4 Å². The molecule has 0 spiro atoms. The molecule has 0 bridgehead atoms. The number of hydrogen-bond donors (Lipinski definition) is 2. The van der Waals surface area contributed by atoms with Crippen LogP contribution in [0.25, 0.3) is 11.1 Å². The van der Waals surface area contributed by atoms with E-state index < -0.39 is 0 Å². The van der Waals surface area contributed by atoms with Crippen molar-refractivity contribution < 1.29 is 0 Å². The lowest BCUT2D eigenvalue weighted by atomic mass is 9.73. The Morgan fingerprint density at radius 2 is 1.11 bits per heavy atom. The molecule has 2 aromatic rings. The van der Waals surface area contributed by atoms with Crippen molar-refractivity contribution >= 4 is 11.4 Å².